The summed E-state index contributed by atoms with van der Waals surface area (Å²) in [6, 6.07) is 11.3. The summed E-state index contributed by atoms with van der Waals surface area (Å²) >= 11 is 11.8. The molecule has 0 spiro atoms. The summed E-state index contributed by atoms with van der Waals surface area (Å²) in [6.07, 6.45) is 1.36. The zero-order valence-corrected chi connectivity index (χ0v) is 18.0. The standard InChI is InChI=1S/C20H20Cl2N4O5/c1-30-9-8-23-19(28)20(29)26-24-11-13-2-5-15(6-3-13)31-12-18(27)25-17-7-4-14(21)10-16(17)22/h2-7,10-11H,8-9,12H2,1H3,(H,23,28)(H,25,27)(H,26,29)/b24-11-. The summed E-state index contributed by atoms with van der Waals surface area (Å²) < 4.78 is 10.2. The van der Waals surface area contributed by atoms with E-state index < -0.39 is 11.8 Å². The minimum atomic E-state index is -0.890. The highest BCUT2D eigenvalue weighted by atomic mass is 35.5. The van der Waals surface area contributed by atoms with Crippen molar-refractivity contribution in [1.82, 2.24) is 10.7 Å². The van der Waals surface area contributed by atoms with E-state index in [9.17, 15) is 14.4 Å². The maximum Gasteiger partial charge on any atom is 0.329 e. The van der Waals surface area contributed by atoms with Crippen LogP contribution in [0, 0.1) is 0 Å². The molecular weight excluding hydrogens is 447 g/mol. The molecule has 2 aromatic carbocycles. The first-order valence-electron chi connectivity index (χ1n) is 8.97. The van der Waals surface area contributed by atoms with Crippen molar-refractivity contribution in [1.29, 1.82) is 0 Å². The molecule has 0 aliphatic rings. The average Bonchev–Trinajstić information content (AvgIpc) is 2.75. The molecule has 0 radical (unpaired) electrons. The molecule has 0 heterocycles. The number of hydrogen-bond acceptors (Lipinski definition) is 6. The normalized spacial score (nSPS) is 10.5. The van der Waals surface area contributed by atoms with Crippen molar-refractivity contribution >= 4 is 52.8 Å². The van der Waals surface area contributed by atoms with Gasteiger partial charge in [-0.2, -0.15) is 5.10 Å². The van der Waals surface area contributed by atoms with Crippen LogP contribution >= 0.6 is 23.2 Å². The first-order valence-corrected chi connectivity index (χ1v) is 9.72. The summed E-state index contributed by atoms with van der Waals surface area (Å²) in [5.41, 5.74) is 3.19. The fraction of sp³-hybridized carbons (Fsp3) is 0.200. The fourth-order valence-corrected chi connectivity index (χ4v) is 2.59. The third kappa shape index (κ3) is 8.63. The minimum absolute atomic E-state index is 0.221. The van der Waals surface area contributed by atoms with Gasteiger partial charge in [-0.1, -0.05) is 23.2 Å². The van der Waals surface area contributed by atoms with E-state index in [-0.39, 0.29) is 19.1 Å². The van der Waals surface area contributed by atoms with Gasteiger partial charge in [-0.05, 0) is 48.0 Å². The number of hydrogen-bond donors (Lipinski definition) is 3. The molecule has 0 aliphatic heterocycles. The highest BCUT2D eigenvalue weighted by molar-refractivity contribution is 6.36. The first kappa shape index (κ1) is 24.1. The van der Waals surface area contributed by atoms with Crippen LogP contribution in [-0.2, 0) is 19.1 Å². The van der Waals surface area contributed by atoms with Crippen LogP contribution in [0.3, 0.4) is 0 Å². The Bertz CT molecular complexity index is 951. The fourth-order valence-electron chi connectivity index (χ4n) is 2.14. The van der Waals surface area contributed by atoms with Gasteiger partial charge in [0.2, 0.25) is 0 Å². The largest absolute Gasteiger partial charge is 0.484 e. The summed E-state index contributed by atoms with van der Waals surface area (Å²) in [4.78, 5) is 35.0. The number of nitrogens with zero attached hydrogens (tertiary/aromatic N) is 1. The zero-order chi connectivity index (χ0) is 22.6. The molecule has 0 fully saturated rings. The molecule has 3 N–H and O–H groups in total. The van der Waals surface area contributed by atoms with E-state index in [0.29, 0.717) is 33.7 Å². The maximum absolute atomic E-state index is 12.0. The second-order valence-corrected chi connectivity index (χ2v) is 6.82. The topological polar surface area (TPSA) is 118 Å². The van der Waals surface area contributed by atoms with E-state index in [1.165, 1.54) is 19.4 Å². The quantitative estimate of drug-likeness (QED) is 0.226. The van der Waals surface area contributed by atoms with Crippen LogP contribution in [0.2, 0.25) is 10.0 Å². The molecule has 164 valence electrons. The molecule has 0 saturated heterocycles. The first-order chi connectivity index (χ1) is 14.9. The van der Waals surface area contributed by atoms with Crippen molar-refractivity contribution in [3.8, 4) is 5.75 Å². The second kappa shape index (κ2) is 12.5. The number of ether oxygens (including phenoxy) is 2. The van der Waals surface area contributed by atoms with Crippen LogP contribution in [0.25, 0.3) is 0 Å². The predicted octanol–water partition coefficient (Wildman–Crippen LogP) is 2.22. The Labute approximate surface area is 188 Å². The molecule has 3 amide bonds. The Hall–Kier alpha value is -3.14. The Kier molecular flexibility index (Phi) is 9.76. The lowest BCUT2D eigenvalue weighted by molar-refractivity contribution is -0.139. The smallest absolute Gasteiger partial charge is 0.329 e. The Morgan fingerprint density at radius 2 is 1.81 bits per heavy atom. The number of carbonyl (C=O) groups excluding carboxylic acids is 3. The number of rotatable bonds is 9. The molecule has 9 nitrogen and oxygen atoms in total. The molecule has 2 aromatic rings. The van der Waals surface area contributed by atoms with Crippen molar-refractivity contribution in [2.45, 2.75) is 0 Å². The number of hydrazone groups is 1. The van der Waals surface area contributed by atoms with Gasteiger partial charge in [-0.3, -0.25) is 14.4 Å². The van der Waals surface area contributed by atoms with Crippen molar-refractivity contribution in [3.63, 3.8) is 0 Å². The Morgan fingerprint density at radius 3 is 2.48 bits per heavy atom. The minimum Gasteiger partial charge on any atom is -0.484 e. The van der Waals surface area contributed by atoms with Gasteiger partial charge < -0.3 is 20.1 Å². The predicted molar refractivity (Wildman–Crippen MR) is 118 cm³/mol. The van der Waals surface area contributed by atoms with Gasteiger partial charge in [0.05, 0.1) is 23.5 Å². The lowest BCUT2D eigenvalue weighted by Crippen LogP contribution is -2.39. The molecule has 0 aliphatic carbocycles. The number of anilines is 1. The summed E-state index contributed by atoms with van der Waals surface area (Å²) in [5, 5.41) is 9.50. The van der Waals surface area contributed by atoms with E-state index in [4.69, 9.17) is 32.7 Å². The zero-order valence-electron chi connectivity index (χ0n) is 16.5. The van der Waals surface area contributed by atoms with Crippen LogP contribution in [0.4, 0.5) is 5.69 Å². The van der Waals surface area contributed by atoms with Crippen molar-refractivity contribution in [2.75, 3.05) is 32.2 Å². The summed E-state index contributed by atoms with van der Waals surface area (Å²) in [6.45, 7) is 0.298. The van der Waals surface area contributed by atoms with Gasteiger partial charge in [0.25, 0.3) is 5.91 Å². The number of amides is 3. The maximum atomic E-state index is 12.0. The Morgan fingerprint density at radius 1 is 1.06 bits per heavy atom. The second-order valence-electron chi connectivity index (χ2n) is 5.98. The highest BCUT2D eigenvalue weighted by Crippen LogP contribution is 2.25. The van der Waals surface area contributed by atoms with Gasteiger partial charge in [0.1, 0.15) is 5.75 Å². The van der Waals surface area contributed by atoms with Crippen LogP contribution < -0.4 is 20.8 Å². The average molecular weight is 467 g/mol. The molecular formula is C20H20Cl2N4O5. The molecule has 11 heteroatoms. The number of benzene rings is 2. The summed E-state index contributed by atoms with van der Waals surface area (Å²) in [5.74, 6) is -1.63. The van der Waals surface area contributed by atoms with E-state index in [0.717, 1.165) is 0 Å². The van der Waals surface area contributed by atoms with Crippen LogP contribution in [0.1, 0.15) is 5.56 Å². The molecule has 0 bridgehead atoms. The summed E-state index contributed by atoms with van der Waals surface area (Å²) in [7, 11) is 1.49. The molecule has 0 saturated carbocycles. The van der Waals surface area contributed by atoms with E-state index in [2.05, 4.69) is 21.2 Å². The molecule has 2 rings (SSSR count). The molecule has 31 heavy (non-hydrogen) atoms. The number of carbonyl (C=O) groups is 3. The van der Waals surface area contributed by atoms with Crippen LogP contribution in [-0.4, -0.2) is 50.8 Å². The molecule has 0 aromatic heterocycles. The van der Waals surface area contributed by atoms with Gasteiger partial charge in [0.15, 0.2) is 6.61 Å². The van der Waals surface area contributed by atoms with Crippen LogP contribution in [0.15, 0.2) is 47.6 Å². The third-order valence-corrected chi connectivity index (χ3v) is 4.18. The van der Waals surface area contributed by atoms with Gasteiger partial charge in [0, 0.05) is 18.7 Å². The number of methoxy groups -OCH3 is 1. The third-order valence-electron chi connectivity index (χ3n) is 3.63. The van der Waals surface area contributed by atoms with Crippen molar-refractivity contribution in [2.24, 2.45) is 5.10 Å². The van der Waals surface area contributed by atoms with E-state index >= 15 is 0 Å². The van der Waals surface area contributed by atoms with Gasteiger partial charge in [-0.25, -0.2) is 5.43 Å². The van der Waals surface area contributed by atoms with Gasteiger partial charge in [-0.15, -0.1) is 0 Å². The molecule has 0 atom stereocenters. The van der Waals surface area contributed by atoms with E-state index in [1.807, 2.05) is 0 Å². The van der Waals surface area contributed by atoms with Crippen molar-refractivity contribution in [3.05, 3.63) is 58.1 Å². The van der Waals surface area contributed by atoms with E-state index in [1.54, 1.807) is 36.4 Å². The SMILES string of the molecule is COCCNC(=O)C(=O)N/N=C\c1ccc(OCC(=O)Nc2ccc(Cl)cc2Cl)cc1. The lowest BCUT2D eigenvalue weighted by Gasteiger charge is -2.09. The highest BCUT2D eigenvalue weighted by Gasteiger charge is 2.11. The Balaban J connectivity index is 1.77. The molecule has 0 unspecified atom stereocenters. The number of nitrogens with one attached hydrogen (secondary N) is 3. The lowest BCUT2D eigenvalue weighted by atomic mass is 10.2. The van der Waals surface area contributed by atoms with Gasteiger partial charge >= 0.3 is 11.8 Å². The monoisotopic (exact) mass is 466 g/mol. The number of halogens is 2. The van der Waals surface area contributed by atoms with Crippen molar-refractivity contribution < 1.29 is 23.9 Å². The van der Waals surface area contributed by atoms with Crippen LogP contribution in [0.5, 0.6) is 5.75 Å².